The first-order valence-corrected chi connectivity index (χ1v) is 49.8. The lowest BCUT2D eigenvalue weighted by Crippen LogP contribution is -2.24. The van der Waals surface area contributed by atoms with Crippen molar-refractivity contribution < 1.29 is 131 Å². The van der Waals surface area contributed by atoms with Crippen LogP contribution < -0.4 is 0 Å². The Morgan fingerprint density at radius 1 is 0.192 bits per heavy atom. The number of hydrogen-bond donors (Lipinski definition) is 9. The largest absolute Gasteiger partial charge is 0.388 e. The number of hydrogen-bond acceptors (Lipinski definition) is 27. The standard InChI is InChI=1S/C17H36O3.C13H28O3.2C12H26O3.C11H24O3.C10H22O3.C9H20O3.C8H18O3.C6H14O3/c1-4-6-7-8-9-10-11-12-16(3)13-20-15-17(18)14-19-5-2;1-3-5-6-7-8-10-16-12-13(14)11-15-9-4-2;1-4-5-6-7-14-9-12(13)10-15-8-11(2)3;1-3-5-6-7-9-15-11-12(13)10-14-8-4-2;1-4-6-7-13-8-11(12)9-14-10(3)5-2;1-3-5-7-13-9-10(11)8-12-6-4-2;1-4-5-11-6-9(10)7-12-8(2)3;1-3-5-11-7-8(9)6-10-4-2;1-3-9-5-6(7)4-8-2/h16-18H,4-15H2,1-3H3;13-14H,3-12H2,1-2H3;11-13H,4-10H2,1-3H3;12-13H,3-11H2,1-2H3;10-12H,4-9H2,1-3H3;10-11H,3-9H2,1-2H3;8-10H,4-7H2,1-3H3;8-9H,3-7H2,1-2H3;6-7H,3-5H2,1-2H3. The van der Waals surface area contributed by atoms with Gasteiger partial charge in [0.1, 0.15) is 54.9 Å². The molecule has 0 aliphatic heterocycles. The van der Waals surface area contributed by atoms with Gasteiger partial charge in [0.05, 0.1) is 131 Å². The lowest BCUT2D eigenvalue weighted by atomic mass is 10.0. The van der Waals surface area contributed by atoms with Gasteiger partial charge in [-0.1, -0.05) is 219 Å². The Morgan fingerprint density at radius 3 is 0.696 bits per heavy atom. The zero-order valence-electron chi connectivity index (χ0n) is 85.4. The van der Waals surface area contributed by atoms with Gasteiger partial charge in [0.25, 0.3) is 0 Å². The smallest absolute Gasteiger partial charge is 0.101 e. The van der Waals surface area contributed by atoms with E-state index in [1.165, 1.54) is 109 Å². The van der Waals surface area contributed by atoms with Crippen LogP contribution >= 0.6 is 0 Å². The predicted molar refractivity (Wildman–Crippen MR) is 512 cm³/mol. The fraction of sp³-hybridized carbons (Fsp3) is 1.00. The quantitative estimate of drug-likeness (QED) is 0.0255. The molecule has 0 heterocycles. The molecule has 0 amide bonds. The van der Waals surface area contributed by atoms with Gasteiger partial charge in [0.2, 0.25) is 0 Å². The molecule has 0 aromatic carbocycles. The first-order chi connectivity index (χ1) is 60.3. The molecular formula is C98H214O27. The van der Waals surface area contributed by atoms with Crippen molar-refractivity contribution in [2.45, 2.75) is 405 Å². The second-order valence-electron chi connectivity index (χ2n) is 32.4. The molecule has 11 atom stereocenters. The summed E-state index contributed by atoms with van der Waals surface area (Å²) in [5, 5.41) is 84.1. The SMILES string of the molecule is CCCCCCCCCC(C)COCC(O)COCC.CCCCCCCOCC(O)COCCC.CCCCCCOCC(O)COCCC.CCCCCOCC(O)COCC(C)C.CCCCOCC(O)COC(C)CC.CCCCOCC(O)COCCC.CCCOCC(O)COC(C)C.CCCOCC(O)COCC.CCOCC(O)COC. The molecule has 27 nitrogen and oxygen atoms in total. The Bertz CT molecular complexity index is 1750. The van der Waals surface area contributed by atoms with Gasteiger partial charge in [-0.25, -0.2) is 0 Å². The summed E-state index contributed by atoms with van der Waals surface area (Å²) in [7, 11) is 1.55. The van der Waals surface area contributed by atoms with Gasteiger partial charge in [-0.15, -0.1) is 0 Å². The van der Waals surface area contributed by atoms with Crippen LogP contribution in [0.25, 0.3) is 0 Å². The molecule has 0 spiro atoms. The van der Waals surface area contributed by atoms with E-state index in [1.54, 1.807) is 7.11 Å². The molecule has 0 aromatic heterocycles. The van der Waals surface area contributed by atoms with Crippen molar-refractivity contribution in [3.05, 3.63) is 0 Å². The van der Waals surface area contributed by atoms with Crippen molar-refractivity contribution in [3.63, 3.8) is 0 Å². The first kappa shape index (κ1) is 142. The third kappa shape index (κ3) is 154. The zero-order valence-corrected chi connectivity index (χ0v) is 85.4. The van der Waals surface area contributed by atoms with Gasteiger partial charge >= 0.3 is 0 Å². The van der Waals surface area contributed by atoms with Gasteiger partial charge < -0.3 is 131 Å². The lowest BCUT2D eigenvalue weighted by Gasteiger charge is -2.15. The maximum Gasteiger partial charge on any atom is 0.101 e. The summed E-state index contributed by atoms with van der Waals surface area (Å²) in [6.45, 7) is 60.9. The molecule has 11 unspecified atom stereocenters. The van der Waals surface area contributed by atoms with Crippen LogP contribution in [0.4, 0.5) is 0 Å². The average molecular weight is 1820 g/mol. The molecule has 0 saturated carbocycles. The second-order valence-corrected chi connectivity index (χ2v) is 32.4. The maximum absolute atomic E-state index is 9.56. The molecule has 0 aliphatic carbocycles. The number of aliphatic hydroxyl groups is 9. The van der Waals surface area contributed by atoms with E-state index in [1.807, 2.05) is 62.3 Å². The zero-order chi connectivity index (χ0) is 95.8. The summed E-state index contributed by atoms with van der Waals surface area (Å²) in [5.74, 6) is 1.10. The topological polar surface area (TPSA) is 348 Å². The highest BCUT2D eigenvalue weighted by Gasteiger charge is 2.13. The van der Waals surface area contributed by atoms with Crippen LogP contribution in [0.3, 0.4) is 0 Å². The third-order valence-electron chi connectivity index (χ3n) is 17.0. The highest BCUT2D eigenvalue weighted by Crippen LogP contribution is 2.14. The van der Waals surface area contributed by atoms with Crippen LogP contribution in [0, 0.1) is 11.8 Å². The van der Waals surface area contributed by atoms with Crippen LogP contribution in [0.2, 0.25) is 0 Å². The van der Waals surface area contributed by atoms with Crippen molar-refractivity contribution in [2.75, 3.05) is 225 Å². The van der Waals surface area contributed by atoms with Gasteiger partial charge in [-0.2, -0.15) is 0 Å². The van der Waals surface area contributed by atoms with Crippen molar-refractivity contribution in [1.29, 1.82) is 0 Å². The fourth-order valence-electron chi connectivity index (χ4n) is 9.76. The van der Waals surface area contributed by atoms with Gasteiger partial charge in [-0.3, -0.25) is 0 Å². The fourth-order valence-corrected chi connectivity index (χ4v) is 9.76. The molecule has 0 radical (unpaired) electrons. The molecular weight excluding hydrogens is 1610 g/mol. The Kier molecular flexibility index (Phi) is 147. The molecule has 0 aromatic rings. The number of rotatable bonds is 85. The van der Waals surface area contributed by atoms with Crippen molar-refractivity contribution in [1.82, 2.24) is 0 Å². The minimum absolute atomic E-state index is 0.172. The first-order valence-electron chi connectivity index (χ1n) is 49.8. The highest BCUT2D eigenvalue weighted by atomic mass is 16.6. The summed E-state index contributed by atoms with van der Waals surface area (Å²) < 4.78 is 93.6. The number of methoxy groups -OCH3 is 1. The molecule has 27 heteroatoms. The van der Waals surface area contributed by atoms with Gasteiger partial charge in [-0.05, 0) is 130 Å². The predicted octanol–water partition coefficient (Wildman–Crippen LogP) is 17.1. The number of aliphatic hydroxyl groups excluding tert-OH is 9. The Labute approximate surface area is 769 Å². The summed E-state index contributed by atoms with van der Waals surface area (Å²) >= 11 is 0. The van der Waals surface area contributed by atoms with Gasteiger partial charge in [0, 0.05) is 106 Å². The summed E-state index contributed by atoms with van der Waals surface area (Å²) in [5.41, 5.74) is 0. The molecule has 0 bridgehead atoms. The Morgan fingerprint density at radius 2 is 0.416 bits per heavy atom. The van der Waals surface area contributed by atoms with E-state index in [4.69, 9.17) is 90.7 Å². The van der Waals surface area contributed by atoms with E-state index >= 15 is 0 Å². The monoisotopic (exact) mass is 1820 g/mol. The lowest BCUT2D eigenvalue weighted by molar-refractivity contribution is -0.0406. The van der Waals surface area contributed by atoms with Crippen LogP contribution in [-0.2, 0) is 85.3 Å². The van der Waals surface area contributed by atoms with Gasteiger partial charge in [0.15, 0.2) is 0 Å². The van der Waals surface area contributed by atoms with E-state index in [9.17, 15) is 35.7 Å². The summed E-state index contributed by atoms with van der Waals surface area (Å²) in [6.07, 6.45) is 31.6. The van der Waals surface area contributed by atoms with E-state index in [0.717, 1.165) is 123 Å². The van der Waals surface area contributed by atoms with Crippen LogP contribution in [0.1, 0.15) is 338 Å². The maximum atomic E-state index is 9.56. The Hall–Kier alpha value is -1.08. The normalized spacial score (nSPS) is 13.7. The van der Waals surface area contributed by atoms with Crippen LogP contribution in [0.15, 0.2) is 0 Å². The van der Waals surface area contributed by atoms with E-state index in [2.05, 4.69) is 87.8 Å². The van der Waals surface area contributed by atoms with Crippen LogP contribution in [0.5, 0.6) is 0 Å². The van der Waals surface area contributed by atoms with Crippen molar-refractivity contribution >= 4 is 0 Å². The molecule has 0 fully saturated rings. The van der Waals surface area contributed by atoms with E-state index < -0.39 is 54.9 Å². The summed E-state index contributed by atoms with van der Waals surface area (Å²) in [6, 6.07) is 0. The molecule has 0 rings (SSSR count). The molecule has 768 valence electrons. The molecule has 125 heavy (non-hydrogen) atoms. The second kappa shape index (κ2) is 129. The number of ether oxygens (including phenoxy) is 18. The minimum atomic E-state index is -0.487. The highest BCUT2D eigenvalue weighted by molar-refractivity contribution is 4.60. The summed E-state index contributed by atoms with van der Waals surface area (Å²) in [4.78, 5) is 0. The average Bonchev–Trinajstić information content (AvgIpc) is 0.994. The number of unbranched alkanes of at least 4 members (excludes halogenated alkanes) is 17. The van der Waals surface area contributed by atoms with E-state index in [-0.39, 0.29) is 12.2 Å². The van der Waals surface area contributed by atoms with Crippen molar-refractivity contribution in [2.24, 2.45) is 11.8 Å². The molecule has 0 saturated heterocycles. The molecule has 9 N–H and O–H groups in total. The Balaban J connectivity index is -0.000000174. The van der Waals surface area contributed by atoms with E-state index in [0.29, 0.717) is 190 Å². The minimum Gasteiger partial charge on any atom is -0.388 e. The van der Waals surface area contributed by atoms with Crippen molar-refractivity contribution in [3.8, 4) is 0 Å². The third-order valence-corrected chi connectivity index (χ3v) is 17.0. The molecule has 0 aliphatic rings. The van der Waals surface area contributed by atoms with Crippen LogP contribution in [-0.4, -0.2) is 338 Å².